The van der Waals surface area contributed by atoms with Crippen molar-refractivity contribution >= 4 is 29.0 Å². The minimum Gasteiger partial charge on any atom is -0.748 e. The summed E-state index contributed by atoms with van der Waals surface area (Å²) in [5.74, 6) is 1.55. The summed E-state index contributed by atoms with van der Waals surface area (Å²) in [7, 11) is -2.48. The van der Waals surface area contributed by atoms with Crippen molar-refractivity contribution < 1.29 is 33.4 Å². The van der Waals surface area contributed by atoms with Crippen LogP contribution in [0.2, 0.25) is 0 Å². The molecule has 7 heteroatoms. The molecule has 0 amide bonds. The van der Waals surface area contributed by atoms with Crippen molar-refractivity contribution in [3.05, 3.63) is 113 Å². The van der Waals surface area contributed by atoms with E-state index in [1.165, 1.54) is 27.8 Å². The quantitative estimate of drug-likeness (QED) is 0.106. The molecule has 275 valence electrons. The summed E-state index contributed by atoms with van der Waals surface area (Å²) in [5, 5.41) is 6.29. The number of para-hydroxylation sites is 1. The fraction of sp³-hybridized carbons (Fsp3) is 0.442. The zero-order chi connectivity index (χ0) is 37.3. The van der Waals surface area contributed by atoms with E-state index in [2.05, 4.69) is 137 Å². The van der Waals surface area contributed by atoms with Crippen molar-refractivity contribution in [3.63, 3.8) is 0 Å². The van der Waals surface area contributed by atoms with Gasteiger partial charge >= 0.3 is 20.4 Å². The van der Waals surface area contributed by atoms with E-state index >= 15 is 0 Å². The molecule has 0 unspecified atom stereocenters. The van der Waals surface area contributed by atoms with Crippen LogP contribution in [0.5, 0.6) is 0 Å². The minimum atomic E-state index is -3.92. The second kappa shape index (κ2) is 19.5. The average molecular weight is 807 g/mol. The molecule has 1 radical (unpaired) electrons. The Bertz CT molecular complexity index is 1690. The van der Waals surface area contributed by atoms with Crippen LogP contribution in [0.4, 0.5) is 5.69 Å². The molecule has 0 saturated heterocycles. The van der Waals surface area contributed by atoms with Crippen molar-refractivity contribution in [2.45, 2.75) is 111 Å². The summed E-state index contributed by atoms with van der Waals surface area (Å²) in [6.07, 6.45) is 0.604. The Morgan fingerprint density at radius 3 is 1.54 bits per heavy atom. The van der Waals surface area contributed by atoms with E-state index in [9.17, 15) is 0 Å². The molecule has 4 nitrogen and oxygen atoms in total. The van der Waals surface area contributed by atoms with Crippen molar-refractivity contribution in [2.75, 3.05) is 13.3 Å². The molecule has 4 aromatic carbocycles. The number of rotatable bonds is 7. The van der Waals surface area contributed by atoms with Crippen LogP contribution in [0, 0.1) is 6.07 Å². The van der Waals surface area contributed by atoms with E-state index in [0.29, 0.717) is 24.0 Å². The molecule has 0 heterocycles. The van der Waals surface area contributed by atoms with Crippen LogP contribution < -0.4 is 5.30 Å². The Morgan fingerprint density at radius 2 is 1.14 bits per heavy atom. The van der Waals surface area contributed by atoms with Gasteiger partial charge in [-0.05, 0) is 78.4 Å². The van der Waals surface area contributed by atoms with Crippen LogP contribution in [-0.4, -0.2) is 36.6 Å². The second-order valence-electron chi connectivity index (χ2n) is 15.5. The molecule has 0 fully saturated rings. The number of hydrogen-bond donors (Lipinski definition) is 0. The van der Waals surface area contributed by atoms with Crippen molar-refractivity contribution in [2.24, 2.45) is 0 Å². The van der Waals surface area contributed by atoms with Crippen LogP contribution >= 0.6 is 7.92 Å². The van der Waals surface area contributed by atoms with Gasteiger partial charge in [-0.25, -0.2) is 8.42 Å². The Balaban J connectivity index is 0.000000514. The van der Waals surface area contributed by atoms with E-state index in [0.717, 1.165) is 16.8 Å². The van der Waals surface area contributed by atoms with Crippen LogP contribution in [0.3, 0.4) is 0 Å². The molecule has 50 heavy (non-hydrogen) atoms. The summed E-state index contributed by atoms with van der Waals surface area (Å²) < 4.78 is 27.2. The first-order chi connectivity index (χ1) is 22.6. The molecule has 0 aliphatic rings. The van der Waals surface area contributed by atoms with Crippen LogP contribution in [0.15, 0.2) is 84.9 Å². The number of hydrogen-bond acceptors (Lipinski definition) is 3. The van der Waals surface area contributed by atoms with Crippen molar-refractivity contribution in [1.82, 2.24) is 0 Å². The largest absolute Gasteiger partial charge is 2.00 e. The van der Waals surface area contributed by atoms with Gasteiger partial charge in [0, 0.05) is 6.26 Å². The van der Waals surface area contributed by atoms with Crippen LogP contribution in [-0.2, 0) is 30.5 Å². The van der Waals surface area contributed by atoms with E-state index in [1.807, 2.05) is 49.5 Å². The first-order valence-electron chi connectivity index (χ1n) is 17.2. The van der Waals surface area contributed by atoms with Gasteiger partial charge < -0.3 is 9.87 Å². The summed E-state index contributed by atoms with van der Waals surface area (Å²) in [4.78, 5) is 0. The Morgan fingerprint density at radius 1 is 0.700 bits per heavy atom. The van der Waals surface area contributed by atoms with Gasteiger partial charge in [0.15, 0.2) is 0 Å². The summed E-state index contributed by atoms with van der Waals surface area (Å²) in [6.45, 7) is 28.6. The van der Waals surface area contributed by atoms with Gasteiger partial charge in [-0.1, -0.05) is 176 Å². The SMILES string of the molecule is CC(C)c1cc(C(C)C)c(-c2ccccc2P(C(C)(C)C)C(C)(C)C)c(C(C)C)c1.CS(=O)(=O)[O-].C[N-]c1ccccc1-c1[c]cccc1.[Pd+2]. The first-order valence-corrected chi connectivity index (χ1v) is 20.4. The molecule has 0 bridgehead atoms. The molecular formula is C43H59NO3PPdS. The van der Waals surface area contributed by atoms with Gasteiger partial charge in [0.2, 0.25) is 0 Å². The summed E-state index contributed by atoms with van der Waals surface area (Å²) >= 11 is 0. The molecule has 0 aromatic heterocycles. The van der Waals surface area contributed by atoms with Gasteiger partial charge in [0.1, 0.15) is 0 Å². The zero-order valence-electron chi connectivity index (χ0n) is 32.7. The summed E-state index contributed by atoms with van der Waals surface area (Å²) in [5.41, 5.74) is 10.7. The molecule has 0 N–H and O–H groups in total. The molecule has 0 saturated carbocycles. The Hall–Kier alpha value is -2.32. The molecule has 0 aliphatic carbocycles. The number of benzene rings is 4. The fourth-order valence-electron chi connectivity index (χ4n) is 6.33. The minimum absolute atomic E-state index is 0. The Labute approximate surface area is 320 Å². The van der Waals surface area contributed by atoms with Gasteiger partial charge in [-0.15, -0.1) is 12.7 Å². The van der Waals surface area contributed by atoms with E-state index < -0.39 is 10.1 Å². The molecule has 4 rings (SSSR count). The maximum absolute atomic E-state index is 9.08. The third-order valence-electron chi connectivity index (χ3n) is 8.03. The molecule has 0 spiro atoms. The molecule has 0 atom stereocenters. The Kier molecular flexibility index (Phi) is 17.8. The van der Waals surface area contributed by atoms with E-state index in [4.69, 9.17) is 13.0 Å². The predicted molar refractivity (Wildman–Crippen MR) is 215 cm³/mol. The normalized spacial score (nSPS) is 11.8. The molecular weight excluding hydrogens is 748 g/mol. The predicted octanol–water partition coefficient (Wildman–Crippen LogP) is 12.4. The van der Waals surface area contributed by atoms with E-state index in [1.54, 1.807) is 5.30 Å². The van der Waals surface area contributed by atoms with E-state index in [-0.39, 0.29) is 38.7 Å². The van der Waals surface area contributed by atoms with Crippen LogP contribution in [0.25, 0.3) is 27.6 Å². The zero-order valence-corrected chi connectivity index (χ0v) is 35.9. The van der Waals surface area contributed by atoms with Gasteiger partial charge in [-0.2, -0.15) is 0 Å². The first kappa shape index (κ1) is 45.7. The van der Waals surface area contributed by atoms with Crippen molar-refractivity contribution in [3.8, 4) is 22.3 Å². The topological polar surface area (TPSA) is 71.3 Å². The molecule has 4 aromatic rings. The monoisotopic (exact) mass is 806 g/mol. The van der Waals surface area contributed by atoms with Gasteiger partial charge in [0.25, 0.3) is 0 Å². The van der Waals surface area contributed by atoms with Crippen LogP contribution in [0.1, 0.15) is 118 Å². The maximum atomic E-state index is 9.08. The smallest absolute Gasteiger partial charge is 0.748 e. The standard InChI is InChI=1S/C29H45P.C13H11N.CH4O3S.Pd/c1-19(2)22-17-24(20(3)4)27(25(18-22)21(5)6)23-15-13-14-16-26(23)30(28(7,8)9)29(10,11)12;1-14-13-10-6-5-9-12(13)11-7-3-2-4-8-11;1-5(2,3)4;/h13-21H,1-12H3;2-7,9-10H,1H3;1H3,(H,2,3,4);/q;-1;;+2/p-1. The number of nitrogens with zero attached hydrogens (tertiary/aromatic N) is 1. The second-order valence-corrected chi connectivity index (χ2v) is 20.7. The van der Waals surface area contributed by atoms with Crippen molar-refractivity contribution in [1.29, 1.82) is 0 Å². The molecule has 0 aliphatic heterocycles. The summed E-state index contributed by atoms with van der Waals surface area (Å²) in [6, 6.07) is 33.5. The fourth-order valence-corrected chi connectivity index (χ4v) is 10.5. The third-order valence-corrected chi connectivity index (χ3v) is 11.6. The maximum Gasteiger partial charge on any atom is 2.00 e. The average Bonchev–Trinajstić information content (AvgIpc) is 2.99. The third kappa shape index (κ3) is 13.7. The van der Waals surface area contributed by atoms with Gasteiger partial charge in [-0.3, -0.25) is 0 Å². The van der Waals surface area contributed by atoms with Gasteiger partial charge in [0.05, 0.1) is 10.1 Å².